The zero-order valence-corrected chi connectivity index (χ0v) is 11.8. The van der Waals surface area contributed by atoms with Crippen molar-refractivity contribution in [1.29, 1.82) is 0 Å². The van der Waals surface area contributed by atoms with E-state index in [4.69, 9.17) is 4.74 Å². The molecule has 0 radical (unpaired) electrons. The van der Waals surface area contributed by atoms with E-state index in [-0.39, 0.29) is 18.4 Å². The summed E-state index contributed by atoms with van der Waals surface area (Å²) in [7, 11) is 0. The Morgan fingerprint density at radius 3 is 2.42 bits per heavy atom. The first-order chi connectivity index (χ1) is 9.04. The molecule has 2 N–H and O–H groups in total. The Kier molecular flexibility index (Phi) is 6.21. The van der Waals surface area contributed by atoms with Crippen molar-refractivity contribution in [2.24, 2.45) is 5.92 Å². The van der Waals surface area contributed by atoms with Crippen molar-refractivity contribution in [2.75, 3.05) is 0 Å². The van der Waals surface area contributed by atoms with E-state index in [1.54, 1.807) is 0 Å². The molecule has 0 bridgehead atoms. The maximum Gasteiger partial charge on any atom is 0.408 e. The van der Waals surface area contributed by atoms with Crippen LogP contribution in [-0.4, -0.2) is 18.0 Å². The third-order valence-corrected chi connectivity index (χ3v) is 2.77. The third kappa shape index (κ3) is 5.21. The quantitative estimate of drug-likeness (QED) is 0.723. The van der Waals surface area contributed by atoms with Crippen LogP contribution < -0.4 is 10.0 Å². The van der Waals surface area contributed by atoms with E-state index in [1.807, 2.05) is 44.2 Å². The molecule has 0 saturated heterocycles. The van der Waals surface area contributed by atoms with Gasteiger partial charge in [0.25, 0.3) is 5.91 Å². The SMILES string of the molecule is CC(C)[C@H](NC(=O)OCc1ccccc1)C(=O)NS. The predicted molar refractivity (Wildman–Crippen MR) is 75.5 cm³/mol. The van der Waals surface area contributed by atoms with Gasteiger partial charge >= 0.3 is 6.09 Å². The number of nitrogens with one attached hydrogen (secondary N) is 2. The molecule has 0 unspecified atom stereocenters. The van der Waals surface area contributed by atoms with E-state index in [0.717, 1.165) is 5.56 Å². The Balaban J connectivity index is 2.47. The molecular formula is C13H18N2O3S. The van der Waals surface area contributed by atoms with E-state index < -0.39 is 12.1 Å². The second-order valence-corrected chi connectivity index (χ2v) is 4.63. The number of benzene rings is 1. The number of carbonyl (C=O) groups is 2. The summed E-state index contributed by atoms with van der Waals surface area (Å²) in [6.07, 6.45) is -0.625. The Labute approximate surface area is 118 Å². The largest absolute Gasteiger partial charge is 0.445 e. The van der Waals surface area contributed by atoms with Crippen LogP contribution in [-0.2, 0) is 16.1 Å². The molecule has 0 aliphatic heterocycles. The molecule has 1 aromatic carbocycles. The summed E-state index contributed by atoms with van der Waals surface area (Å²) >= 11 is 3.69. The van der Waals surface area contributed by atoms with Gasteiger partial charge in [-0.05, 0) is 11.5 Å². The number of rotatable bonds is 5. The lowest BCUT2D eigenvalue weighted by Gasteiger charge is -2.19. The second-order valence-electron chi connectivity index (χ2n) is 4.40. The number of thiol groups is 1. The fourth-order valence-corrected chi connectivity index (χ4v) is 1.64. The van der Waals surface area contributed by atoms with Gasteiger partial charge in [0, 0.05) is 0 Å². The highest BCUT2D eigenvalue weighted by atomic mass is 32.1. The van der Waals surface area contributed by atoms with Crippen molar-refractivity contribution < 1.29 is 14.3 Å². The lowest BCUT2D eigenvalue weighted by Crippen LogP contribution is -2.47. The molecule has 1 aromatic rings. The van der Waals surface area contributed by atoms with Gasteiger partial charge in [-0.1, -0.05) is 57.0 Å². The van der Waals surface area contributed by atoms with E-state index in [0.29, 0.717) is 0 Å². The van der Waals surface area contributed by atoms with E-state index in [2.05, 4.69) is 22.9 Å². The number of alkyl carbamates (subject to hydrolysis) is 1. The summed E-state index contributed by atoms with van der Waals surface area (Å²) in [6.45, 7) is 3.82. The molecule has 19 heavy (non-hydrogen) atoms. The van der Waals surface area contributed by atoms with Crippen LogP contribution in [0.2, 0.25) is 0 Å². The first-order valence-electron chi connectivity index (χ1n) is 5.95. The van der Waals surface area contributed by atoms with E-state index in [9.17, 15) is 9.59 Å². The lowest BCUT2D eigenvalue weighted by atomic mass is 10.0. The van der Waals surface area contributed by atoms with E-state index in [1.165, 1.54) is 0 Å². The molecule has 1 atom stereocenters. The normalized spacial score (nSPS) is 11.8. The Hall–Kier alpha value is -1.69. The molecule has 0 aliphatic rings. The van der Waals surface area contributed by atoms with Crippen LogP contribution in [0.4, 0.5) is 4.79 Å². The number of ether oxygens (including phenoxy) is 1. The van der Waals surface area contributed by atoms with Crippen molar-refractivity contribution in [3.05, 3.63) is 35.9 Å². The maximum atomic E-state index is 11.6. The summed E-state index contributed by atoms with van der Waals surface area (Å²) in [5.41, 5.74) is 0.886. The zero-order valence-electron chi connectivity index (χ0n) is 10.9. The van der Waals surface area contributed by atoms with Crippen molar-refractivity contribution in [2.45, 2.75) is 26.5 Å². The van der Waals surface area contributed by atoms with Gasteiger partial charge in [-0.15, -0.1) is 0 Å². The first kappa shape index (κ1) is 15.4. The van der Waals surface area contributed by atoms with Crippen LogP contribution in [0.3, 0.4) is 0 Å². The van der Waals surface area contributed by atoms with Crippen molar-refractivity contribution in [3.8, 4) is 0 Å². The molecule has 0 heterocycles. The molecule has 1 rings (SSSR count). The summed E-state index contributed by atoms with van der Waals surface area (Å²) in [5, 5.41) is 2.52. The monoisotopic (exact) mass is 282 g/mol. The second kappa shape index (κ2) is 7.68. The van der Waals surface area contributed by atoms with Gasteiger partial charge in [-0.2, -0.15) is 0 Å². The van der Waals surface area contributed by atoms with Crippen LogP contribution in [0.15, 0.2) is 30.3 Å². The molecule has 2 amide bonds. The average Bonchev–Trinajstić information content (AvgIpc) is 2.42. The molecule has 0 aromatic heterocycles. The minimum absolute atomic E-state index is 0.0589. The van der Waals surface area contributed by atoms with Crippen molar-refractivity contribution >= 4 is 24.8 Å². The average molecular weight is 282 g/mol. The molecule has 0 aliphatic carbocycles. The van der Waals surface area contributed by atoms with Crippen LogP contribution in [0, 0.1) is 5.92 Å². The van der Waals surface area contributed by atoms with Gasteiger partial charge in [0.15, 0.2) is 0 Å². The van der Waals surface area contributed by atoms with Crippen molar-refractivity contribution in [3.63, 3.8) is 0 Å². The van der Waals surface area contributed by atoms with Crippen LogP contribution in [0.1, 0.15) is 19.4 Å². The molecule has 104 valence electrons. The molecular weight excluding hydrogens is 264 g/mol. The summed E-state index contributed by atoms with van der Waals surface area (Å²) in [6, 6.07) is 8.65. The fraction of sp³-hybridized carbons (Fsp3) is 0.385. The van der Waals surface area contributed by atoms with Gasteiger partial charge < -0.3 is 14.8 Å². The van der Waals surface area contributed by atoms with Crippen LogP contribution in [0.5, 0.6) is 0 Å². The standard InChI is InChI=1S/C13H18N2O3S/c1-9(2)11(12(16)15-19)14-13(17)18-8-10-6-4-3-5-7-10/h3-7,9,11,19H,8H2,1-2H3,(H,14,17)(H,15,16)/t11-/m0/s1. The predicted octanol–water partition coefficient (Wildman–Crippen LogP) is 1.90. The summed E-state index contributed by atoms with van der Waals surface area (Å²) < 4.78 is 7.26. The Bertz CT molecular complexity index is 423. The minimum atomic E-state index is -0.666. The van der Waals surface area contributed by atoms with Crippen LogP contribution >= 0.6 is 12.8 Å². The highest BCUT2D eigenvalue weighted by molar-refractivity contribution is 7.78. The number of amides is 2. The molecule has 0 spiro atoms. The maximum absolute atomic E-state index is 11.6. The van der Waals surface area contributed by atoms with E-state index >= 15 is 0 Å². The molecule has 6 heteroatoms. The van der Waals surface area contributed by atoms with Gasteiger partial charge in [0.05, 0.1) is 0 Å². The zero-order chi connectivity index (χ0) is 14.3. The number of carbonyl (C=O) groups excluding carboxylic acids is 2. The summed E-state index contributed by atoms with van der Waals surface area (Å²) in [5.74, 6) is -0.425. The third-order valence-electron chi connectivity index (χ3n) is 2.55. The van der Waals surface area contributed by atoms with Gasteiger partial charge in [-0.3, -0.25) is 4.79 Å². The first-order valence-corrected chi connectivity index (χ1v) is 6.40. The molecule has 0 saturated carbocycles. The highest BCUT2D eigenvalue weighted by Gasteiger charge is 2.23. The topological polar surface area (TPSA) is 67.4 Å². The Morgan fingerprint density at radius 2 is 1.89 bits per heavy atom. The lowest BCUT2D eigenvalue weighted by molar-refractivity contribution is -0.122. The minimum Gasteiger partial charge on any atom is -0.445 e. The smallest absolute Gasteiger partial charge is 0.408 e. The highest BCUT2D eigenvalue weighted by Crippen LogP contribution is 2.04. The Morgan fingerprint density at radius 1 is 1.26 bits per heavy atom. The van der Waals surface area contributed by atoms with Crippen LogP contribution in [0.25, 0.3) is 0 Å². The van der Waals surface area contributed by atoms with Gasteiger partial charge in [0.2, 0.25) is 0 Å². The fourth-order valence-electron chi connectivity index (χ4n) is 1.50. The van der Waals surface area contributed by atoms with Gasteiger partial charge in [-0.25, -0.2) is 4.79 Å². The molecule has 5 nitrogen and oxygen atoms in total. The number of hydrogen-bond donors (Lipinski definition) is 3. The number of hydrogen-bond acceptors (Lipinski definition) is 4. The van der Waals surface area contributed by atoms with Gasteiger partial charge in [0.1, 0.15) is 12.6 Å². The summed E-state index contributed by atoms with van der Waals surface area (Å²) in [4.78, 5) is 23.1. The molecule has 0 fully saturated rings. The van der Waals surface area contributed by atoms with Crippen molar-refractivity contribution in [1.82, 2.24) is 10.0 Å².